The molecule has 19 heavy (non-hydrogen) atoms. The first-order valence-corrected chi connectivity index (χ1v) is 8.54. The molecule has 1 amide bonds. The van der Waals surface area contributed by atoms with Crippen molar-refractivity contribution in [1.29, 1.82) is 0 Å². The summed E-state index contributed by atoms with van der Waals surface area (Å²) in [5.74, 6) is -1.37. The van der Waals surface area contributed by atoms with E-state index in [2.05, 4.69) is 5.32 Å². The van der Waals surface area contributed by atoms with Crippen LogP contribution < -0.4 is 15.2 Å². The highest BCUT2D eigenvalue weighted by Gasteiger charge is 2.11. The van der Waals surface area contributed by atoms with Gasteiger partial charge in [-0.15, -0.1) is 0 Å². The second-order valence-corrected chi connectivity index (χ2v) is 7.28. The number of anilines is 2. The zero-order valence-electron chi connectivity index (χ0n) is 9.95. The van der Waals surface area contributed by atoms with Gasteiger partial charge >= 0.3 is 0 Å². The molecular formula is C9H13N3O5S2. The average molecular weight is 307 g/mol. The second-order valence-electron chi connectivity index (χ2n) is 3.85. The van der Waals surface area contributed by atoms with Crippen LogP contribution in [0.25, 0.3) is 0 Å². The Labute approximate surface area is 111 Å². The van der Waals surface area contributed by atoms with E-state index in [1.807, 2.05) is 4.72 Å². The molecule has 106 valence electrons. The summed E-state index contributed by atoms with van der Waals surface area (Å²) in [6.45, 7) is 0. The first kappa shape index (κ1) is 15.4. The molecule has 0 bridgehead atoms. The molecule has 0 saturated heterocycles. The molecule has 0 saturated carbocycles. The van der Waals surface area contributed by atoms with Crippen molar-refractivity contribution in [3.8, 4) is 0 Å². The van der Waals surface area contributed by atoms with E-state index in [9.17, 15) is 21.6 Å². The van der Waals surface area contributed by atoms with Crippen LogP contribution in [0.15, 0.2) is 24.3 Å². The minimum Gasteiger partial charge on any atom is -0.325 e. The highest BCUT2D eigenvalue weighted by Crippen LogP contribution is 2.15. The number of nitrogens with two attached hydrogens (primary N) is 1. The number of rotatable bonds is 5. The molecule has 4 N–H and O–H groups in total. The van der Waals surface area contributed by atoms with Gasteiger partial charge in [-0.25, -0.2) is 13.6 Å². The molecule has 1 rings (SSSR count). The predicted octanol–water partition coefficient (Wildman–Crippen LogP) is -0.715. The molecule has 0 aromatic heterocycles. The zero-order valence-corrected chi connectivity index (χ0v) is 11.6. The molecule has 10 heteroatoms. The highest BCUT2D eigenvalue weighted by molar-refractivity contribution is 7.91. The van der Waals surface area contributed by atoms with Crippen LogP contribution in [-0.4, -0.2) is 34.8 Å². The van der Waals surface area contributed by atoms with E-state index in [-0.39, 0.29) is 11.4 Å². The fraction of sp³-hybridized carbons (Fsp3) is 0.222. The van der Waals surface area contributed by atoms with E-state index in [1.165, 1.54) is 24.3 Å². The van der Waals surface area contributed by atoms with Crippen LogP contribution >= 0.6 is 0 Å². The maximum atomic E-state index is 11.4. The molecule has 0 heterocycles. The smallest absolute Gasteiger partial charge is 0.296 e. The largest absolute Gasteiger partial charge is 0.325 e. The van der Waals surface area contributed by atoms with Crippen molar-refractivity contribution in [2.24, 2.45) is 5.14 Å². The van der Waals surface area contributed by atoms with Crippen molar-refractivity contribution < 1.29 is 21.6 Å². The maximum Gasteiger partial charge on any atom is 0.296 e. The van der Waals surface area contributed by atoms with Gasteiger partial charge in [0.2, 0.25) is 5.91 Å². The Morgan fingerprint density at radius 2 is 1.79 bits per heavy atom. The van der Waals surface area contributed by atoms with E-state index in [1.54, 1.807) is 0 Å². The molecule has 0 aliphatic heterocycles. The molecule has 1 aromatic carbocycles. The summed E-state index contributed by atoms with van der Waals surface area (Å²) in [6.07, 6.45) is 0.936. The Balaban J connectivity index is 2.81. The van der Waals surface area contributed by atoms with Crippen LogP contribution in [0.4, 0.5) is 11.4 Å². The molecule has 0 spiro atoms. The number of carbonyl (C=O) groups is 1. The van der Waals surface area contributed by atoms with Gasteiger partial charge in [0.05, 0.1) is 5.69 Å². The van der Waals surface area contributed by atoms with Gasteiger partial charge in [0, 0.05) is 11.9 Å². The number of nitrogens with one attached hydrogen (secondary N) is 2. The molecular weight excluding hydrogens is 294 g/mol. The summed E-state index contributed by atoms with van der Waals surface area (Å²) >= 11 is 0. The van der Waals surface area contributed by atoms with E-state index in [0.29, 0.717) is 0 Å². The third kappa shape index (κ3) is 6.74. The van der Waals surface area contributed by atoms with E-state index in [4.69, 9.17) is 5.14 Å². The summed E-state index contributed by atoms with van der Waals surface area (Å²) in [5.41, 5.74) is 0.405. The lowest BCUT2D eigenvalue weighted by molar-refractivity contribution is -0.113. The Morgan fingerprint density at radius 3 is 2.32 bits per heavy atom. The predicted molar refractivity (Wildman–Crippen MR) is 71.5 cm³/mol. The van der Waals surface area contributed by atoms with Crippen LogP contribution in [0.3, 0.4) is 0 Å². The van der Waals surface area contributed by atoms with Crippen molar-refractivity contribution >= 4 is 37.3 Å². The van der Waals surface area contributed by atoms with Crippen LogP contribution in [0.5, 0.6) is 0 Å². The van der Waals surface area contributed by atoms with Gasteiger partial charge in [0.1, 0.15) is 5.75 Å². The Kier molecular flexibility index (Phi) is 4.50. The summed E-state index contributed by atoms with van der Waals surface area (Å²) in [5, 5.41) is 7.13. The van der Waals surface area contributed by atoms with Gasteiger partial charge < -0.3 is 5.32 Å². The number of hydrogen-bond acceptors (Lipinski definition) is 5. The Hall–Kier alpha value is -1.65. The quantitative estimate of drug-likeness (QED) is 0.660. The SMILES string of the molecule is CS(=O)(=O)CC(=O)Nc1cccc(NS(N)(=O)=O)c1. The zero-order chi connectivity index (χ0) is 14.7. The first-order chi connectivity index (χ1) is 8.55. The third-order valence-electron chi connectivity index (χ3n) is 1.80. The molecule has 1 aromatic rings. The molecule has 0 fully saturated rings. The number of amides is 1. The van der Waals surface area contributed by atoms with Crippen molar-refractivity contribution in [3.05, 3.63) is 24.3 Å². The van der Waals surface area contributed by atoms with Crippen LogP contribution in [-0.2, 0) is 24.8 Å². The number of hydrogen-bond donors (Lipinski definition) is 3. The lowest BCUT2D eigenvalue weighted by Gasteiger charge is -2.07. The van der Waals surface area contributed by atoms with Crippen LogP contribution in [0.1, 0.15) is 0 Å². The Morgan fingerprint density at radius 1 is 1.21 bits per heavy atom. The lowest BCUT2D eigenvalue weighted by Crippen LogP contribution is -2.23. The molecule has 0 radical (unpaired) electrons. The van der Waals surface area contributed by atoms with Gasteiger partial charge in [0.25, 0.3) is 10.2 Å². The summed E-state index contributed by atoms with van der Waals surface area (Å²) in [4.78, 5) is 11.4. The van der Waals surface area contributed by atoms with E-state index < -0.39 is 31.7 Å². The number of carbonyl (C=O) groups excluding carboxylic acids is 1. The molecule has 0 aliphatic carbocycles. The standard InChI is InChI=1S/C9H13N3O5S2/c1-18(14,15)6-9(13)11-7-3-2-4-8(5-7)12-19(10,16)17/h2-5,12H,6H2,1H3,(H,11,13)(H2,10,16,17). The highest BCUT2D eigenvalue weighted by atomic mass is 32.2. The molecule has 8 nitrogen and oxygen atoms in total. The van der Waals surface area contributed by atoms with Crippen molar-refractivity contribution in [1.82, 2.24) is 0 Å². The Bertz CT molecular complexity index is 682. The minimum absolute atomic E-state index is 0.152. The van der Waals surface area contributed by atoms with E-state index in [0.717, 1.165) is 6.26 Å². The van der Waals surface area contributed by atoms with Crippen LogP contribution in [0, 0.1) is 0 Å². The van der Waals surface area contributed by atoms with Crippen LogP contribution in [0.2, 0.25) is 0 Å². The van der Waals surface area contributed by atoms with Gasteiger partial charge in [-0.05, 0) is 18.2 Å². The normalized spacial score (nSPS) is 11.9. The second kappa shape index (κ2) is 5.55. The third-order valence-corrected chi connectivity index (χ3v) is 3.11. The minimum atomic E-state index is -3.91. The molecule has 0 aliphatic rings. The van der Waals surface area contributed by atoms with Crippen molar-refractivity contribution in [2.75, 3.05) is 22.0 Å². The number of sulfone groups is 1. The van der Waals surface area contributed by atoms with E-state index >= 15 is 0 Å². The topological polar surface area (TPSA) is 135 Å². The summed E-state index contributed by atoms with van der Waals surface area (Å²) in [7, 11) is -7.34. The average Bonchev–Trinajstić information content (AvgIpc) is 2.11. The first-order valence-electron chi connectivity index (χ1n) is 4.93. The van der Waals surface area contributed by atoms with Crippen molar-refractivity contribution in [2.45, 2.75) is 0 Å². The maximum absolute atomic E-state index is 11.4. The fourth-order valence-corrected chi connectivity index (χ4v) is 2.26. The van der Waals surface area contributed by atoms with Gasteiger partial charge in [0.15, 0.2) is 9.84 Å². The fourth-order valence-electron chi connectivity index (χ4n) is 1.26. The van der Waals surface area contributed by atoms with Gasteiger partial charge in [-0.1, -0.05) is 6.07 Å². The molecule has 0 unspecified atom stereocenters. The number of benzene rings is 1. The molecule has 0 atom stereocenters. The lowest BCUT2D eigenvalue weighted by atomic mass is 10.3. The summed E-state index contributed by atoms with van der Waals surface area (Å²) < 4.78 is 45.5. The van der Waals surface area contributed by atoms with Gasteiger partial charge in [-0.3, -0.25) is 9.52 Å². The van der Waals surface area contributed by atoms with Gasteiger partial charge in [-0.2, -0.15) is 8.42 Å². The van der Waals surface area contributed by atoms with Crippen molar-refractivity contribution in [3.63, 3.8) is 0 Å². The summed E-state index contributed by atoms with van der Waals surface area (Å²) in [6, 6.07) is 5.69. The monoisotopic (exact) mass is 307 g/mol.